The summed E-state index contributed by atoms with van der Waals surface area (Å²) in [4.78, 5) is 16.9. The lowest BCUT2D eigenvalue weighted by molar-refractivity contribution is -0.449. The van der Waals surface area contributed by atoms with Gasteiger partial charge in [0.25, 0.3) is 5.91 Å². The zero-order valence-electron chi connectivity index (χ0n) is 14.6. The van der Waals surface area contributed by atoms with Crippen molar-refractivity contribution < 1.29 is 70.7 Å². The van der Waals surface area contributed by atoms with Crippen LogP contribution < -0.4 is 5.32 Å². The minimum absolute atomic E-state index is 0.0475. The van der Waals surface area contributed by atoms with Crippen molar-refractivity contribution in [2.24, 2.45) is 0 Å². The van der Waals surface area contributed by atoms with Crippen LogP contribution in [0.25, 0.3) is 0 Å². The van der Waals surface area contributed by atoms with Crippen LogP contribution in [0.1, 0.15) is 5.69 Å². The second kappa shape index (κ2) is 7.89. The topological polar surface area (TPSA) is 57.8 Å². The molecule has 4 nitrogen and oxygen atoms in total. The summed E-state index contributed by atoms with van der Waals surface area (Å²) >= 11 is 0. The second-order valence-corrected chi connectivity index (χ2v) is 6.03. The molecular formula is C13H8F15N3O. The van der Waals surface area contributed by atoms with Gasteiger partial charge in [0.2, 0.25) is 0 Å². The number of halogens is 15. The minimum Gasteiger partial charge on any atom is -0.350 e. The number of carbonyl (C=O) groups is 1. The van der Waals surface area contributed by atoms with Crippen LogP contribution in [-0.4, -0.2) is 64.1 Å². The molecule has 0 radical (unpaired) electrons. The van der Waals surface area contributed by atoms with Crippen LogP contribution in [0, 0.1) is 0 Å². The summed E-state index contributed by atoms with van der Waals surface area (Å²) in [6.07, 6.45) is -6.16. The van der Waals surface area contributed by atoms with Crippen LogP contribution >= 0.6 is 0 Å². The van der Waals surface area contributed by atoms with E-state index in [9.17, 15) is 70.7 Å². The molecule has 32 heavy (non-hydrogen) atoms. The number of hydrogen-bond acceptors (Lipinski definition) is 2. The Labute approximate surface area is 166 Å². The highest BCUT2D eigenvalue weighted by Crippen LogP contribution is 2.62. The molecule has 0 aliphatic heterocycles. The summed E-state index contributed by atoms with van der Waals surface area (Å²) in [7, 11) is 0. The smallest absolute Gasteiger partial charge is 0.350 e. The van der Waals surface area contributed by atoms with Gasteiger partial charge in [-0.15, -0.1) is 0 Å². The number of nitrogens with one attached hydrogen (secondary N) is 2. The normalized spacial score (nSPS) is 15.1. The second-order valence-electron chi connectivity index (χ2n) is 6.03. The fourth-order valence-corrected chi connectivity index (χ4v) is 1.95. The Morgan fingerprint density at radius 1 is 0.750 bits per heavy atom. The van der Waals surface area contributed by atoms with E-state index in [4.69, 9.17) is 0 Å². The first-order valence-electron chi connectivity index (χ1n) is 7.59. The molecule has 2 N–H and O–H groups in total. The van der Waals surface area contributed by atoms with Crippen molar-refractivity contribution in [3.05, 3.63) is 18.2 Å². The van der Waals surface area contributed by atoms with E-state index in [0.717, 1.165) is 17.8 Å². The van der Waals surface area contributed by atoms with Gasteiger partial charge in [-0.25, -0.2) is 4.98 Å². The zero-order chi connectivity index (χ0) is 25.6. The number of carbonyl (C=O) groups excluding carboxylic acids is 1. The summed E-state index contributed by atoms with van der Waals surface area (Å²) in [6, 6.07) is 0. The van der Waals surface area contributed by atoms with Crippen molar-refractivity contribution in [1.29, 1.82) is 0 Å². The van der Waals surface area contributed by atoms with Crippen molar-refractivity contribution in [1.82, 2.24) is 15.3 Å². The summed E-state index contributed by atoms with van der Waals surface area (Å²) < 4.78 is 195. The van der Waals surface area contributed by atoms with Gasteiger partial charge in [0.05, 0.1) is 6.33 Å². The van der Waals surface area contributed by atoms with Gasteiger partial charge in [0.15, 0.2) is 0 Å². The number of amides is 1. The maximum atomic E-state index is 13.6. The average Bonchev–Trinajstić information content (AvgIpc) is 3.13. The summed E-state index contributed by atoms with van der Waals surface area (Å²) in [5.74, 6) is -51.4. The molecule has 0 fully saturated rings. The van der Waals surface area contributed by atoms with Crippen LogP contribution in [-0.2, 0) is 11.2 Å². The lowest BCUT2D eigenvalue weighted by Gasteiger charge is -2.41. The molecule has 0 saturated heterocycles. The largest absolute Gasteiger partial charge is 0.460 e. The molecular weight excluding hydrogens is 499 g/mol. The number of aromatic nitrogens is 2. The Hall–Kier alpha value is -2.37. The van der Waals surface area contributed by atoms with Gasteiger partial charge in [0, 0.05) is 24.9 Å². The first kappa shape index (κ1) is 27.7. The van der Waals surface area contributed by atoms with E-state index in [1.54, 1.807) is 0 Å². The van der Waals surface area contributed by atoms with Crippen molar-refractivity contribution in [3.8, 4) is 0 Å². The van der Waals surface area contributed by atoms with E-state index in [-0.39, 0.29) is 5.69 Å². The summed E-state index contributed by atoms with van der Waals surface area (Å²) in [6.45, 7) is -1.06. The molecule has 0 bridgehead atoms. The number of nitrogens with zero attached hydrogens (tertiary/aromatic N) is 1. The van der Waals surface area contributed by atoms with Gasteiger partial charge < -0.3 is 10.3 Å². The van der Waals surface area contributed by atoms with Gasteiger partial charge in [-0.3, -0.25) is 4.79 Å². The van der Waals surface area contributed by atoms with Crippen LogP contribution in [0.4, 0.5) is 65.9 Å². The average molecular weight is 507 g/mol. The fraction of sp³-hybridized carbons (Fsp3) is 0.692. The van der Waals surface area contributed by atoms with E-state index in [1.165, 1.54) is 0 Å². The first-order valence-corrected chi connectivity index (χ1v) is 7.59. The van der Waals surface area contributed by atoms with Crippen molar-refractivity contribution in [2.75, 3.05) is 6.54 Å². The zero-order valence-corrected chi connectivity index (χ0v) is 14.6. The molecule has 1 aromatic heterocycles. The van der Waals surface area contributed by atoms with Gasteiger partial charge >= 0.3 is 41.7 Å². The Bertz CT molecular complexity index is 800. The van der Waals surface area contributed by atoms with E-state index < -0.39 is 60.6 Å². The summed E-state index contributed by atoms with van der Waals surface area (Å²) in [5, 5.41) is 0.874. The highest BCUT2D eigenvalue weighted by molar-refractivity contribution is 5.84. The van der Waals surface area contributed by atoms with Crippen LogP contribution in [0.3, 0.4) is 0 Å². The Morgan fingerprint density at radius 2 is 1.19 bits per heavy atom. The molecule has 1 rings (SSSR count). The molecule has 0 atom stereocenters. The van der Waals surface area contributed by atoms with Crippen molar-refractivity contribution in [3.63, 3.8) is 0 Å². The van der Waals surface area contributed by atoms with E-state index in [1.807, 2.05) is 0 Å². The van der Waals surface area contributed by atoms with Gasteiger partial charge in [0.1, 0.15) is 0 Å². The van der Waals surface area contributed by atoms with Crippen molar-refractivity contribution >= 4 is 5.91 Å². The number of imidazole rings is 1. The number of hydrogen-bond donors (Lipinski definition) is 2. The SMILES string of the molecule is O=C(NCCc1cnc[nH]1)C(F)(F)C(F)(F)C(F)(F)C(F)(F)C(F)(F)C(F)(F)C(F)(F)F. The van der Waals surface area contributed by atoms with Crippen LogP contribution in [0.15, 0.2) is 12.5 Å². The molecule has 1 aromatic rings. The maximum absolute atomic E-state index is 13.6. The Kier molecular flexibility index (Phi) is 6.82. The van der Waals surface area contributed by atoms with Crippen LogP contribution in [0.2, 0.25) is 0 Å². The van der Waals surface area contributed by atoms with E-state index in [0.29, 0.717) is 0 Å². The molecule has 0 aromatic carbocycles. The highest BCUT2D eigenvalue weighted by Gasteiger charge is 2.94. The predicted octanol–water partition coefficient (Wildman–Crippen LogP) is 4.44. The first-order chi connectivity index (χ1) is 14.0. The predicted molar refractivity (Wildman–Crippen MR) is 71.0 cm³/mol. The quantitative estimate of drug-likeness (QED) is 0.486. The standard InChI is InChI=1S/C13H8F15N3O/c14-7(15,6(32)30-2-1-5-3-29-4-31-5)8(16,17)9(18,19)10(20,21)11(22,23)12(24,25)13(26,27)28/h3-4H,1-2H2,(H,29,31)(H,30,32). The molecule has 186 valence electrons. The maximum Gasteiger partial charge on any atom is 0.460 e. The molecule has 1 amide bonds. The number of rotatable bonds is 9. The van der Waals surface area contributed by atoms with Crippen molar-refractivity contribution in [2.45, 2.75) is 48.1 Å². The Morgan fingerprint density at radius 3 is 1.59 bits per heavy atom. The van der Waals surface area contributed by atoms with Crippen LogP contribution in [0.5, 0.6) is 0 Å². The third-order valence-corrected chi connectivity index (χ3v) is 3.85. The monoisotopic (exact) mass is 507 g/mol. The fourth-order valence-electron chi connectivity index (χ4n) is 1.95. The lowest BCUT2D eigenvalue weighted by atomic mass is 9.91. The number of alkyl halides is 15. The molecule has 0 spiro atoms. The van der Waals surface area contributed by atoms with Gasteiger partial charge in [-0.1, -0.05) is 0 Å². The number of H-pyrrole nitrogens is 1. The molecule has 0 aliphatic carbocycles. The summed E-state index contributed by atoms with van der Waals surface area (Å²) in [5.41, 5.74) is 0.0475. The molecule has 0 saturated carbocycles. The van der Waals surface area contributed by atoms with Gasteiger partial charge in [-0.2, -0.15) is 65.9 Å². The molecule has 1 heterocycles. The van der Waals surface area contributed by atoms with E-state index in [2.05, 4.69) is 9.97 Å². The number of aromatic amines is 1. The lowest BCUT2D eigenvalue weighted by Crippen LogP contribution is -2.74. The van der Waals surface area contributed by atoms with Gasteiger partial charge in [-0.05, 0) is 0 Å². The third-order valence-electron chi connectivity index (χ3n) is 3.85. The highest BCUT2D eigenvalue weighted by atomic mass is 19.4. The van der Waals surface area contributed by atoms with E-state index >= 15 is 0 Å². The minimum atomic E-state index is -8.43. The molecule has 0 unspecified atom stereocenters. The Balaban J connectivity index is 3.28. The molecule has 0 aliphatic rings. The molecule has 19 heteroatoms. The third kappa shape index (κ3) is 3.93.